The summed E-state index contributed by atoms with van der Waals surface area (Å²) in [5.74, 6) is 1.93. The summed E-state index contributed by atoms with van der Waals surface area (Å²) in [5.41, 5.74) is 0. The van der Waals surface area contributed by atoms with Crippen molar-refractivity contribution in [2.24, 2.45) is 5.92 Å². The van der Waals surface area contributed by atoms with E-state index in [0.717, 1.165) is 31.0 Å². The van der Waals surface area contributed by atoms with E-state index < -0.39 is 5.97 Å². The van der Waals surface area contributed by atoms with Gasteiger partial charge in [-0.15, -0.1) is 0 Å². The van der Waals surface area contributed by atoms with E-state index in [9.17, 15) is 4.79 Å². The minimum atomic E-state index is -0.661. The number of aliphatic carboxylic acids is 1. The molecule has 1 unspecified atom stereocenters. The molecule has 1 aliphatic rings. The highest BCUT2D eigenvalue weighted by atomic mass is 32.2. The van der Waals surface area contributed by atoms with E-state index in [2.05, 4.69) is 18.7 Å². The number of thioether (sulfide) groups is 1. The van der Waals surface area contributed by atoms with Gasteiger partial charge in [-0.25, -0.2) is 0 Å². The molecule has 1 heterocycles. The van der Waals surface area contributed by atoms with Crippen LogP contribution in [0.2, 0.25) is 0 Å². The zero-order chi connectivity index (χ0) is 10.6. The van der Waals surface area contributed by atoms with Crippen LogP contribution in [0.5, 0.6) is 0 Å². The SMILES string of the molecule is CC(C)CC(C(=O)O)N1CCSCC1. The molecule has 0 aromatic rings. The summed E-state index contributed by atoms with van der Waals surface area (Å²) in [6.07, 6.45) is 0.764. The number of carbonyl (C=O) groups is 1. The molecule has 0 radical (unpaired) electrons. The van der Waals surface area contributed by atoms with Gasteiger partial charge < -0.3 is 5.11 Å². The Hall–Kier alpha value is -0.220. The van der Waals surface area contributed by atoms with Crippen LogP contribution in [0.25, 0.3) is 0 Å². The maximum absolute atomic E-state index is 11.1. The lowest BCUT2D eigenvalue weighted by molar-refractivity contribution is -0.143. The van der Waals surface area contributed by atoms with E-state index in [1.54, 1.807) is 0 Å². The lowest BCUT2D eigenvalue weighted by Gasteiger charge is -2.32. The second-order valence-electron chi connectivity index (χ2n) is 4.13. The molecule has 1 saturated heterocycles. The fourth-order valence-electron chi connectivity index (χ4n) is 1.74. The quantitative estimate of drug-likeness (QED) is 0.775. The molecule has 0 aromatic heterocycles. The van der Waals surface area contributed by atoms with Crippen molar-refractivity contribution in [2.75, 3.05) is 24.6 Å². The van der Waals surface area contributed by atoms with Gasteiger partial charge in [0.05, 0.1) is 0 Å². The Kier molecular flexibility index (Phi) is 4.75. The molecule has 3 nitrogen and oxygen atoms in total. The largest absolute Gasteiger partial charge is 0.480 e. The summed E-state index contributed by atoms with van der Waals surface area (Å²) in [4.78, 5) is 13.2. The minimum absolute atomic E-state index is 0.268. The lowest BCUT2D eigenvalue weighted by atomic mass is 10.0. The average Bonchev–Trinajstić information content (AvgIpc) is 2.15. The second kappa shape index (κ2) is 5.61. The molecular weight excluding hydrogens is 198 g/mol. The van der Waals surface area contributed by atoms with E-state index in [1.807, 2.05) is 11.8 Å². The van der Waals surface area contributed by atoms with Gasteiger partial charge in [0.2, 0.25) is 0 Å². The van der Waals surface area contributed by atoms with Crippen LogP contribution in [-0.4, -0.2) is 46.6 Å². The van der Waals surface area contributed by atoms with Gasteiger partial charge >= 0.3 is 5.97 Å². The molecule has 4 heteroatoms. The first kappa shape index (κ1) is 11.9. The molecule has 14 heavy (non-hydrogen) atoms. The number of hydrogen-bond acceptors (Lipinski definition) is 3. The van der Waals surface area contributed by atoms with Crippen molar-refractivity contribution in [3.05, 3.63) is 0 Å². The zero-order valence-corrected chi connectivity index (χ0v) is 9.72. The molecule has 0 amide bonds. The second-order valence-corrected chi connectivity index (χ2v) is 5.36. The molecule has 1 fully saturated rings. The highest BCUT2D eigenvalue weighted by Crippen LogP contribution is 2.17. The van der Waals surface area contributed by atoms with Crippen LogP contribution in [0.3, 0.4) is 0 Å². The van der Waals surface area contributed by atoms with Gasteiger partial charge in [0.1, 0.15) is 6.04 Å². The van der Waals surface area contributed by atoms with E-state index in [-0.39, 0.29) is 6.04 Å². The third-order valence-electron chi connectivity index (χ3n) is 2.47. The fourth-order valence-corrected chi connectivity index (χ4v) is 2.67. The first-order valence-corrected chi connectivity index (χ1v) is 6.31. The van der Waals surface area contributed by atoms with E-state index in [0.29, 0.717) is 5.92 Å². The molecule has 0 spiro atoms. The Balaban J connectivity index is 2.51. The third-order valence-corrected chi connectivity index (χ3v) is 3.41. The highest BCUT2D eigenvalue weighted by Gasteiger charge is 2.27. The summed E-state index contributed by atoms with van der Waals surface area (Å²) in [5, 5.41) is 9.13. The number of hydrogen-bond donors (Lipinski definition) is 1. The van der Waals surface area contributed by atoms with Crippen LogP contribution in [0.15, 0.2) is 0 Å². The standard InChI is InChI=1S/C10H19NO2S/c1-8(2)7-9(10(12)13)11-3-5-14-6-4-11/h8-9H,3-7H2,1-2H3,(H,12,13). The number of rotatable bonds is 4. The van der Waals surface area contributed by atoms with Crippen LogP contribution < -0.4 is 0 Å². The molecule has 82 valence electrons. The molecule has 0 bridgehead atoms. The summed E-state index contributed by atoms with van der Waals surface area (Å²) in [7, 11) is 0. The van der Waals surface area contributed by atoms with Gasteiger partial charge in [0, 0.05) is 24.6 Å². The first-order valence-electron chi connectivity index (χ1n) is 5.16. The van der Waals surface area contributed by atoms with E-state index >= 15 is 0 Å². The molecular formula is C10H19NO2S. The Bertz CT molecular complexity index is 191. The Morgan fingerprint density at radius 3 is 2.43 bits per heavy atom. The summed E-state index contributed by atoms with van der Waals surface area (Å²) < 4.78 is 0. The Labute approximate surface area is 89.9 Å². The van der Waals surface area contributed by atoms with Gasteiger partial charge in [0.15, 0.2) is 0 Å². The van der Waals surface area contributed by atoms with Crippen molar-refractivity contribution in [3.8, 4) is 0 Å². The minimum Gasteiger partial charge on any atom is -0.480 e. The normalized spacial score (nSPS) is 21.1. The van der Waals surface area contributed by atoms with E-state index in [4.69, 9.17) is 5.11 Å². The Morgan fingerprint density at radius 2 is 2.00 bits per heavy atom. The summed E-state index contributed by atoms with van der Waals surface area (Å²) >= 11 is 1.91. The first-order chi connectivity index (χ1) is 6.61. The lowest BCUT2D eigenvalue weighted by Crippen LogP contribution is -2.46. The van der Waals surface area contributed by atoms with Crippen molar-refractivity contribution in [1.29, 1.82) is 0 Å². The fraction of sp³-hybridized carbons (Fsp3) is 0.900. The van der Waals surface area contributed by atoms with Gasteiger partial charge in [-0.05, 0) is 12.3 Å². The predicted octanol–water partition coefficient (Wildman–Crippen LogP) is 1.53. The van der Waals surface area contributed by atoms with E-state index in [1.165, 1.54) is 0 Å². The maximum atomic E-state index is 11.1. The van der Waals surface area contributed by atoms with Crippen molar-refractivity contribution in [2.45, 2.75) is 26.3 Å². The van der Waals surface area contributed by atoms with Crippen molar-refractivity contribution in [1.82, 2.24) is 4.90 Å². The monoisotopic (exact) mass is 217 g/mol. The van der Waals surface area contributed by atoms with Crippen molar-refractivity contribution < 1.29 is 9.90 Å². The predicted molar refractivity (Wildman–Crippen MR) is 59.8 cm³/mol. The zero-order valence-electron chi connectivity index (χ0n) is 8.90. The van der Waals surface area contributed by atoms with Crippen LogP contribution in [0.4, 0.5) is 0 Å². The smallest absolute Gasteiger partial charge is 0.320 e. The number of nitrogens with zero attached hydrogens (tertiary/aromatic N) is 1. The number of carboxylic acids is 1. The number of carboxylic acid groups (broad SMARTS) is 1. The van der Waals surface area contributed by atoms with Crippen molar-refractivity contribution >= 4 is 17.7 Å². The van der Waals surface area contributed by atoms with Crippen LogP contribution in [0, 0.1) is 5.92 Å². The summed E-state index contributed by atoms with van der Waals surface area (Å²) in [6, 6.07) is -0.268. The van der Waals surface area contributed by atoms with Crippen molar-refractivity contribution in [3.63, 3.8) is 0 Å². The average molecular weight is 217 g/mol. The Morgan fingerprint density at radius 1 is 1.43 bits per heavy atom. The molecule has 1 aliphatic heterocycles. The maximum Gasteiger partial charge on any atom is 0.320 e. The topological polar surface area (TPSA) is 40.5 Å². The summed E-state index contributed by atoms with van der Waals surface area (Å²) in [6.45, 7) is 6.01. The van der Waals surface area contributed by atoms with Crippen LogP contribution >= 0.6 is 11.8 Å². The van der Waals surface area contributed by atoms with Gasteiger partial charge in [0.25, 0.3) is 0 Å². The molecule has 1 atom stereocenters. The molecule has 0 aliphatic carbocycles. The van der Waals surface area contributed by atoms with Crippen LogP contribution in [0.1, 0.15) is 20.3 Å². The molecule has 1 rings (SSSR count). The van der Waals surface area contributed by atoms with Gasteiger partial charge in [-0.1, -0.05) is 13.8 Å². The van der Waals surface area contributed by atoms with Gasteiger partial charge in [-0.3, -0.25) is 9.69 Å². The molecule has 1 N–H and O–H groups in total. The third kappa shape index (κ3) is 3.50. The molecule has 0 aromatic carbocycles. The molecule has 0 saturated carbocycles. The van der Waals surface area contributed by atoms with Gasteiger partial charge in [-0.2, -0.15) is 11.8 Å². The highest BCUT2D eigenvalue weighted by molar-refractivity contribution is 7.99. The van der Waals surface area contributed by atoms with Crippen LogP contribution in [-0.2, 0) is 4.79 Å².